The Balaban J connectivity index is 1.58. The third-order valence-electron chi connectivity index (χ3n) is 5.33. The number of carbonyl (C=O) groups excluding carboxylic acids is 1. The van der Waals surface area contributed by atoms with E-state index in [1.165, 1.54) is 30.5 Å². The first-order valence-corrected chi connectivity index (χ1v) is 10.1. The summed E-state index contributed by atoms with van der Waals surface area (Å²) in [4.78, 5) is 27.5. The van der Waals surface area contributed by atoms with E-state index in [2.05, 4.69) is 15.4 Å². The number of hydrogen-bond donors (Lipinski definition) is 3. The minimum Gasteiger partial charge on any atom is -0.394 e. The number of amides is 1. The molecule has 4 rings (SSSR count). The van der Waals surface area contributed by atoms with Crippen LogP contribution in [0.1, 0.15) is 27.6 Å². The Labute approximate surface area is 188 Å². The summed E-state index contributed by atoms with van der Waals surface area (Å²) in [5.74, 6) is -0.571. The van der Waals surface area contributed by atoms with E-state index in [1.54, 1.807) is 16.8 Å². The van der Waals surface area contributed by atoms with E-state index in [-0.39, 0.29) is 11.3 Å². The molecule has 4 aromatic rings. The van der Waals surface area contributed by atoms with Gasteiger partial charge in [-0.05, 0) is 30.7 Å². The summed E-state index contributed by atoms with van der Waals surface area (Å²) >= 11 is 0. The zero-order valence-corrected chi connectivity index (χ0v) is 17.6. The summed E-state index contributed by atoms with van der Waals surface area (Å²) in [5.41, 5.74) is 3.47. The third kappa shape index (κ3) is 4.43. The van der Waals surface area contributed by atoms with E-state index in [0.29, 0.717) is 11.2 Å². The number of carbonyl (C=O) groups is 1. The topological polar surface area (TPSA) is 143 Å². The third-order valence-corrected chi connectivity index (χ3v) is 5.33. The number of nitro benzene ring substituents is 1. The lowest BCUT2D eigenvalue weighted by Gasteiger charge is -2.22. The van der Waals surface area contributed by atoms with Crippen molar-refractivity contribution >= 4 is 17.2 Å². The number of nitrogens with zero attached hydrogens (tertiary/aromatic N) is 4. The molecule has 0 aliphatic rings. The molecule has 0 spiro atoms. The molecular weight excluding hydrogens is 426 g/mol. The molecule has 0 bridgehead atoms. The van der Waals surface area contributed by atoms with Crippen LogP contribution >= 0.6 is 0 Å². The largest absolute Gasteiger partial charge is 0.394 e. The van der Waals surface area contributed by atoms with Crippen LogP contribution in [0.4, 0.5) is 5.69 Å². The van der Waals surface area contributed by atoms with Crippen LogP contribution in [0.15, 0.2) is 67.0 Å². The fourth-order valence-electron chi connectivity index (χ4n) is 3.49. The second-order valence-corrected chi connectivity index (χ2v) is 7.55. The predicted molar refractivity (Wildman–Crippen MR) is 120 cm³/mol. The van der Waals surface area contributed by atoms with Crippen LogP contribution in [-0.4, -0.2) is 48.3 Å². The van der Waals surface area contributed by atoms with Gasteiger partial charge in [0.1, 0.15) is 11.7 Å². The van der Waals surface area contributed by atoms with E-state index < -0.39 is 29.6 Å². The van der Waals surface area contributed by atoms with Gasteiger partial charge in [0.05, 0.1) is 29.5 Å². The molecule has 2 aromatic carbocycles. The first-order valence-electron chi connectivity index (χ1n) is 10.1. The first-order chi connectivity index (χ1) is 15.9. The Morgan fingerprint density at radius 3 is 2.48 bits per heavy atom. The number of aromatic nitrogens is 3. The number of benzene rings is 2. The molecule has 10 nitrogen and oxygen atoms in total. The maximum absolute atomic E-state index is 12.9. The molecule has 0 saturated carbocycles. The number of hydrogen-bond acceptors (Lipinski definition) is 7. The van der Waals surface area contributed by atoms with E-state index in [1.807, 2.05) is 31.2 Å². The van der Waals surface area contributed by atoms with Crippen molar-refractivity contribution in [3.8, 4) is 11.3 Å². The molecule has 0 fully saturated rings. The Hall–Kier alpha value is -4.15. The van der Waals surface area contributed by atoms with E-state index >= 15 is 0 Å². The molecule has 0 radical (unpaired) electrons. The smallest absolute Gasteiger partial charge is 0.269 e. The Morgan fingerprint density at radius 2 is 1.85 bits per heavy atom. The van der Waals surface area contributed by atoms with E-state index in [4.69, 9.17) is 0 Å². The fraction of sp³-hybridized carbons (Fsp3) is 0.174. The fourth-order valence-corrected chi connectivity index (χ4v) is 3.49. The monoisotopic (exact) mass is 447 g/mol. The number of nitro groups is 1. The highest BCUT2D eigenvalue weighted by Gasteiger charge is 2.25. The number of non-ortho nitro benzene ring substituents is 1. The molecule has 2 aromatic heterocycles. The van der Waals surface area contributed by atoms with Gasteiger partial charge < -0.3 is 15.5 Å². The molecule has 2 unspecified atom stereocenters. The van der Waals surface area contributed by atoms with Crippen LogP contribution in [0.25, 0.3) is 16.9 Å². The second kappa shape index (κ2) is 9.15. The van der Waals surface area contributed by atoms with Gasteiger partial charge in [0, 0.05) is 23.9 Å². The van der Waals surface area contributed by atoms with Gasteiger partial charge in [-0.1, -0.05) is 29.8 Å². The maximum Gasteiger partial charge on any atom is 0.269 e. The zero-order valence-electron chi connectivity index (χ0n) is 17.6. The molecule has 0 aliphatic carbocycles. The van der Waals surface area contributed by atoms with Gasteiger partial charge in [0.2, 0.25) is 0 Å². The average Bonchev–Trinajstić information content (AvgIpc) is 3.27. The van der Waals surface area contributed by atoms with Crippen molar-refractivity contribution in [1.82, 2.24) is 19.9 Å². The van der Waals surface area contributed by atoms with Crippen molar-refractivity contribution in [3.63, 3.8) is 0 Å². The summed E-state index contributed by atoms with van der Waals surface area (Å²) in [6.07, 6.45) is 1.68. The van der Waals surface area contributed by atoms with Crippen molar-refractivity contribution in [2.24, 2.45) is 0 Å². The average molecular weight is 447 g/mol. The highest BCUT2D eigenvalue weighted by Crippen LogP contribution is 2.23. The van der Waals surface area contributed by atoms with Crippen molar-refractivity contribution in [2.75, 3.05) is 6.61 Å². The standard InChI is InChI=1S/C23H21N5O5/c1-14-2-4-15(5-3-14)20-10-11-24-22-18(12-25-27(20)22)23(31)26-19(13-29)21(30)16-6-8-17(9-7-16)28(32)33/h2-12,19,21,29-30H,13H2,1H3,(H,26,31). The highest BCUT2D eigenvalue weighted by atomic mass is 16.6. The summed E-state index contributed by atoms with van der Waals surface area (Å²) in [6.45, 7) is 1.44. The molecule has 0 aliphatic heterocycles. The SMILES string of the molecule is Cc1ccc(-c2ccnc3c(C(=O)NC(CO)C(O)c4ccc([N+](=O)[O-])cc4)cnn23)cc1. The van der Waals surface area contributed by atoms with Gasteiger partial charge in [0.25, 0.3) is 11.6 Å². The molecule has 3 N–H and O–H groups in total. The van der Waals surface area contributed by atoms with Crippen molar-refractivity contribution in [2.45, 2.75) is 19.1 Å². The van der Waals surface area contributed by atoms with Gasteiger partial charge in [-0.15, -0.1) is 0 Å². The zero-order chi connectivity index (χ0) is 23.5. The number of aliphatic hydroxyl groups is 2. The highest BCUT2D eigenvalue weighted by molar-refractivity contribution is 6.00. The minimum absolute atomic E-state index is 0.127. The van der Waals surface area contributed by atoms with Crippen LogP contribution in [0.5, 0.6) is 0 Å². The van der Waals surface area contributed by atoms with Gasteiger partial charge >= 0.3 is 0 Å². The van der Waals surface area contributed by atoms with Crippen LogP contribution in [0.3, 0.4) is 0 Å². The molecule has 1 amide bonds. The van der Waals surface area contributed by atoms with Crippen molar-refractivity contribution in [3.05, 3.63) is 93.8 Å². The molecule has 0 saturated heterocycles. The predicted octanol–water partition coefficient (Wildman–Crippen LogP) is 2.44. The maximum atomic E-state index is 12.9. The van der Waals surface area contributed by atoms with E-state index in [0.717, 1.165) is 16.8 Å². The van der Waals surface area contributed by atoms with Gasteiger partial charge in [-0.25, -0.2) is 9.50 Å². The van der Waals surface area contributed by atoms with Gasteiger partial charge in [0.15, 0.2) is 5.65 Å². The molecule has 10 heteroatoms. The Bertz CT molecular complexity index is 1300. The van der Waals surface area contributed by atoms with Gasteiger partial charge in [-0.2, -0.15) is 5.10 Å². The number of rotatable bonds is 7. The molecule has 2 atom stereocenters. The molecule has 33 heavy (non-hydrogen) atoms. The van der Waals surface area contributed by atoms with Crippen molar-refractivity contribution in [1.29, 1.82) is 0 Å². The summed E-state index contributed by atoms with van der Waals surface area (Å²) in [6, 6.07) is 13.9. The molecule has 2 heterocycles. The number of aliphatic hydroxyl groups excluding tert-OH is 2. The summed E-state index contributed by atoms with van der Waals surface area (Å²) in [7, 11) is 0. The van der Waals surface area contributed by atoms with Crippen molar-refractivity contribution < 1.29 is 19.9 Å². The Kier molecular flexibility index (Phi) is 6.11. The Morgan fingerprint density at radius 1 is 1.15 bits per heavy atom. The number of aryl methyl sites for hydroxylation is 1. The summed E-state index contributed by atoms with van der Waals surface area (Å²) in [5, 5.41) is 38.1. The second-order valence-electron chi connectivity index (χ2n) is 7.55. The molecule has 168 valence electrons. The summed E-state index contributed by atoms with van der Waals surface area (Å²) < 4.78 is 1.56. The first kappa shape index (κ1) is 22.1. The number of nitrogens with one attached hydrogen (secondary N) is 1. The quantitative estimate of drug-likeness (QED) is 0.292. The lowest BCUT2D eigenvalue weighted by atomic mass is 10.0. The lowest BCUT2D eigenvalue weighted by molar-refractivity contribution is -0.384. The minimum atomic E-state index is -1.28. The molecular formula is C23H21N5O5. The lowest BCUT2D eigenvalue weighted by Crippen LogP contribution is -2.42. The van der Waals surface area contributed by atoms with E-state index in [9.17, 15) is 25.1 Å². The van der Waals surface area contributed by atoms with Crippen LogP contribution in [0, 0.1) is 17.0 Å². The number of fused-ring (bicyclic) bond motifs is 1. The van der Waals surface area contributed by atoms with Crippen LogP contribution < -0.4 is 5.32 Å². The van der Waals surface area contributed by atoms with Crippen LogP contribution in [0.2, 0.25) is 0 Å². The van der Waals surface area contributed by atoms with Crippen LogP contribution in [-0.2, 0) is 0 Å². The van der Waals surface area contributed by atoms with Gasteiger partial charge in [-0.3, -0.25) is 14.9 Å². The normalized spacial score (nSPS) is 12.9.